The van der Waals surface area contributed by atoms with E-state index in [9.17, 15) is 4.79 Å². The smallest absolute Gasteiger partial charge is 0.165 e. The molecule has 0 heterocycles. The van der Waals surface area contributed by atoms with E-state index in [2.05, 4.69) is 0 Å². The molecule has 0 aromatic heterocycles. The highest BCUT2D eigenvalue weighted by Gasteiger charge is 2.28. The molecule has 0 saturated carbocycles. The number of fused-ring (bicyclic) bond motifs is 1. The summed E-state index contributed by atoms with van der Waals surface area (Å²) in [7, 11) is 3.11. The summed E-state index contributed by atoms with van der Waals surface area (Å²) in [5, 5.41) is 0. The maximum absolute atomic E-state index is 11.6. The van der Waals surface area contributed by atoms with Gasteiger partial charge in [0.2, 0.25) is 0 Å². The highest BCUT2D eigenvalue weighted by molar-refractivity contribution is 6.01. The summed E-state index contributed by atoms with van der Waals surface area (Å²) in [5.74, 6) is 1.25. The Hall–Kier alpha value is -1.55. The number of ether oxygens (including phenoxy) is 2. The van der Waals surface area contributed by atoms with Crippen molar-refractivity contribution in [2.75, 3.05) is 14.2 Å². The monoisotopic (exact) mass is 207 g/mol. The largest absolute Gasteiger partial charge is 0.493 e. The van der Waals surface area contributed by atoms with Crippen LogP contribution in [0.3, 0.4) is 0 Å². The molecule has 0 saturated heterocycles. The van der Waals surface area contributed by atoms with Crippen LogP contribution in [0.4, 0.5) is 0 Å². The third kappa shape index (κ3) is 1.47. The standard InChI is InChI=1S/C11H13NO3/c1-14-10-3-6-7(4-11(10)15-2)9(13)5-8(6)12/h3-4,8H,5,12H2,1-2H3/t8-/m1/s1. The zero-order valence-corrected chi connectivity index (χ0v) is 8.74. The second-order valence-electron chi connectivity index (χ2n) is 3.53. The first-order chi connectivity index (χ1) is 7.17. The number of Topliss-reactive ketones (excluding diaryl/α,β-unsaturated/α-hetero) is 1. The van der Waals surface area contributed by atoms with Crippen LogP contribution in [0.1, 0.15) is 28.4 Å². The SMILES string of the molecule is COc1cc2c(cc1OC)[C@H](N)CC2=O. The lowest BCUT2D eigenvalue weighted by molar-refractivity contribution is 0.0989. The van der Waals surface area contributed by atoms with Gasteiger partial charge in [-0.05, 0) is 17.7 Å². The lowest BCUT2D eigenvalue weighted by atomic mass is 10.1. The van der Waals surface area contributed by atoms with E-state index < -0.39 is 0 Å². The Bertz CT molecular complexity index is 415. The van der Waals surface area contributed by atoms with Crippen molar-refractivity contribution < 1.29 is 14.3 Å². The molecule has 4 nitrogen and oxygen atoms in total. The third-order valence-corrected chi connectivity index (χ3v) is 2.66. The number of rotatable bonds is 2. The van der Waals surface area contributed by atoms with E-state index in [-0.39, 0.29) is 11.8 Å². The van der Waals surface area contributed by atoms with Crippen molar-refractivity contribution in [3.63, 3.8) is 0 Å². The fourth-order valence-corrected chi connectivity index (χ4v) is 1.86. The van der Waals surface area contributed by atoms with Gasteiger partial charge < -0.3 is 15.2 Å². The average molecular weight is 207 g/mol. The molecule has 1 aliphatic carbocycles. The van der Waals surface area contributed by atoms with Crippen molar-refractivity contribution in [2.45, 2.75) is 12.5 Å². The van der Waals surface area contributed by atoms with Gasteiger partial charge in [0.15, 0.2) is 17.3 Å². The lowest BCUT2D eigenvalue weighted by Gasteiger charge is -2.10. The van der Waals surface area contributed by atoms with Crippen LogP contribution >= 0.6 is 0 Å². The predicted octanol–water partition coefficient (Wildman–Crippen LogP) is 1.29. The first-order valence-electron chi connectivity index (χ1n) is 4.72. The normalized spacial score (nSPS) is 18.9. The Morgan fingerprint density at radius 1 is 1.27 bits per heavy atom. The minimum atomic E-state index is -0.215. The van der Waals surface area contributed by atoms with E-state index in [1.54, 1.807) is 26.4 Å². The molecule has 1 atom stereocenters. The van der Waals surface area contributed by atoms with Gasteiger partial charge in [0.05, 0.1) is 14.2 Å². The van der Waals surface area contributed by atoms with Crippen LogP contribution in [0.5, 0.6) is 11.5 Å². The summed E-state index contributed by atoms with van der Waals surface area (Å²) in [6.07, 6.45) is 0.367. The molecule has 4 heteroatoms. The first-order valence-corrected chi connectivity index (χ1v) is 4.72. The summed E-state index contributed by atoms with van der Waals surface area (Å²) < 4.78 is 10.3. The molecular formula is C11H13NO3. The van der Waals surface area contributed by atoms with Gasteiger partial charge in [-0.1, -0.05) is 0 Å². The molecule has 0 amide bonds. The summed E-state index contributed by atoms with van der Waals surface area (Å²) in [6.45, 7) is 0. The number of methoxy groups -OCH3 is 2. The number of carbonyl (C=O) groups excluding carboxylic acids is 1. The van der Waals surface area contributed by atoms with Crippen LogP contribution in [-0.2, 0) is 0 Å². The van der Waals surface area contributed by atoms with Gasteiger partial charge in [-0.3, -0.25) is 4.79 Å². The minimum Gasteiger partial charge on any atom is -0.493 e. The summed E-state index contributed by atoms with van der Waals surface area (Å²) in [4.78, 5) is 11.6. The van der Waals surface area contributed by atoms with Gasteiger partial charge in [0.25, 0.3) is 0 Å². The molecular weight excluding hydrogens is 194 g/mol. The quantitative estimate of drug-likeness (QED) is 0.793. The summed E-state index contributed by atoms with van der Waals surface area (Å²) >= 11 is 0. The summed E-state index contributed by atoms with van der Waals surface area (Å²) in [6, 6.07) is 3.26. The fraction of sp³-hybridized carbons (Fsp3) is 0.364. The van der Waals surface area contributed by atoms with Crippen molar-refractivity contribution in [3.8, 4) is 11.5 Å². The van der Waals surface area contributed by atoms with Crippen LogP contribution in [0, 0.1) is 0 Å². The topological polar surface area (TPSA) is 61.6 Å². The Morgan fingerprint density at radius 2 is 1.87 bits per heavy atom. The zero-order valence-electron chi connectivity index (χ0n) is 8.74. The number of carbonyl (C=O) groups is 1. The van der Waals surface area contributed by atoms with E-state index in [1.165, 1.54) is 0 Å². The molecule has 1 aromatic carbocycles. The molecule has 80 valence electrons. The van der Waals surface area contributed by atoms with Crippen molar-refractivity contribution in [1.29, 1.82) is 0 Å². The van der Waals surface area contributed by atoms with Gasteiger partial charge in [0, 0.05) is 18.0 Å². The third-order valence-electron chi connectivity index (χ3n) is 2.66. The Balaban J connectivity index is 2.58. The Labute approximate surface area is 88.0 Å². The molecule has 2 rings (SSSR count). The highest BCUT2D eigenvalue weighted by Crippen LogP contribution is 2.38. The van der Waals surface area contributed by atoms with E-state index >= 15 is 0 Å². The molecule has 0 fully saturated rings. The number of benzene rings is 1. The van der Waals surface area contributed by atoms with E-state index in [1.807, 2.05) is 0 Å². The second kappa shape index (κ2) is 3.55. The number of hydrogen-bond acceptors (Lipinski definition) is 4. The molecule has 0 spiro atoms. The van der Waals surface area contributed by atoms with Crippen LogP contribution < -0.4 is 15.2 Å². The van der Waals surface area contributed by atoms with Crippen molar-refractivity contribution in [3.05, 3.63) is 23.3 Å². The van der Waals surface area contributed by atoms with Crippen LogP contribution in [0.2, 0.25) is 0 Å². The van der Waals surface area contributed by atoms with Gasteiger partial charge in [-0.25, -0.2) is 0 Å². The fourth-order valence-electron chi connectivity index (χ4n) is 1.86. The predicted molar refractivity (Wildman–Crippen MR) is 55.4 cm³/mol. The summed E-state index contributed by atoms with van der Waals surface area (Å²) in [5.41, 5.74) is 7.33. The van der Waals surface area contributed by atoms with Gasteiger partial charge in [0.1, 0.15) is 0 Å². The van der Waals surface area contributed by atoms with Crippen LogP contribution in [0.25, 0.3) is 0 Å². The van der Waals surface area contributed by atoms with Gasteiger partial charge in [-0.15, -0.1) is 0 Å². The number of ketones is 1. The molecule has 0 aliphatic heterocycles. The molecule has 0 radical (unpaired) electrons. The molecule has 1 aromatic rings. The van der Waals surface area contributed by atoms with Gasteiger partial charge in [-0.2, -0.15) is 0 Å². The number of nitrogens with two attached hydrogens (primary N) is 1. The van der Waals surface area contributed by atoms with Crippen molar-refractivity contribution in [2.24, 2.45) is 5.73 Å². The van der Waals surface area contributed by atoms with E-state index in [4.69, 9.17) is 15.2 Å². The van der Waals surface area contributed by atoms with Crippen LogP contribution in [0.15, 0.2) is 12.1 Å². The number of hydrogen-bond donors (Lipinski definition) is 1. The van der Waals surface area contributed by atoms with Gasteiger partial charge >= 0.3 is 0 Å². The molecule has 2 N–H and O–H groups in total. The average Bonchev–Trinajstić information content (AvgIpc) is 2.52. The Kier molecular flexibility index (Phi) is 2.36. The molecule has 0 unspecified atom stereocenters. The zero-order chi connectivity index (χ0) is 11.0. The second-order valence-corrected chi connectivity index (χ2v) is 3.53. The lowest BCUT2D eigenvalue weighted by Crippen LogP contribution is -2.06. The first kappa shape index (κ1) is 9.98. The maximum atomic E-state index is 11.6. The van der Waals surface area contributed by atoms with Crippen molar-refractivity contribution in [1.82, 2.24) is 0 Å². The molecule has 1 aliphatic rings. The highest BCUT2D eigenvalue weighted by atomic mass is 16.5. The Morgan fingerprint density at radius 3 is 2.47 bits per heavy atom. The minimum absolute atomic E-state index is 0.0680. The molecule has 0 bridgehead atoms. The van der Waals surface area contributed by atoms with Crippen molar-refractivity contribution >= 4 is 5.78 Å². The maximum Gasteiger partial charge on any atom is 0.165 e. The van der Waals surface area contributed by atoms with E-state index in [0.717, 1.165) is 5.56 Å². The molecule has 15 heavy (non-hydrogen) atoms. The van der Waals surface area contributed by atoms with E-state index in [0.29, 0.717) is 23.5 Å². The van der Waals surface area contributed by atoms with Crippen LogP contribution in [-0.4, -0.2) is 20.0 Å².